The Hall–Kier alpha value is -0.815. The predicted octanol–water partition coefficient (Wildman–Crippen LogP) is 0.298. The highest BCUT2D eigenvalue weighted by molar-refractivity contribution is 6.15. The number of rotatable bonds is 0. The maximum atomic E-state index is 12.1. The third-order valence-electron chi connectivity index (χ3n) is 4.55. The molecule has 0 amide bonds. The zero-order valence-corrected chi connectivity index (χ0v) is 9.45. The van der Waals surface area contributed by atoms with Crippen molar-refractivity contribution in [3.63, 3.8) is 0 Å². The number of aliphatic hydroxyl groups is 1. The first-order valence-corrected chi connectivity index (χ1v) is 5.52. The average Bonchev–Trinajstić information content (AvgIpc) is 2.44. The number of hydrogen-bond donors (Lipinski definition) is 1. The highest BCUT2D eigenvalue weighted by Crippen LogP contribution is 2.58. The molecule has 2 bridgehead atoms. The van der Waals surface area contributed by atoms with Crippen molar-refractivity contribution in [2.75, 3.05) is 0 Å². The molecule has 0 aromatic carbocycles. The van der Waals surface area contributed by atoms with Crippen molar-refractivity contribution in [2.45, 2.75) is 38.1 Å². The number of Topliss-reactive ketones (excluding diaryl/α,β-unsaturated/α-hetero) is 1. The summed E-state index contributed by atoms with van der Waals surface area (Å²) in [5.41, 5.74) is -1.75. The van der Waals surface area contributed by atoms with E-state index in [0.29, 0.717) is 12.8 Å². The van der Waals surface area contributed by atoms with Gasteiger partial charge in [0.15, 0.2) is 5.78 Å². The Morgan fingerprint density at radius 2 is 2.27 bits per heavy atom. The largest absolute Gasteiger partial charge is 0.390 e. The summed E-state index contributed by atoms with van der Waals surface area (Å²) in [6, 6.07) is 2.16. The van der Waals surface area contributed by atoms with Gasteiger partial charge in [-0.25, -0.2) is 0 Å². The molecule has 80 valence electrons. The van der Waals surface area contributed by atoms with Crippen LogP contribution in [0.5, 0.6) is 0 Å². The Bertz CT molecular complexity index is 360. The summed E-state index contributed by atoms with van der Waals surface area (Å²) < 4.78 is 0. The van der Waals surface area contributed by atoms with Crippen LogP contribution in [0.15, 0.2) is 0 Å². The highest BCUT2D eigenvalue weighted by atomic mass is 16.3. The number of fused-ring (bicyclic) bond motifs is 2. The molecule has 0 aliphatic heterocycles. The van der Waals surface area contributed by atoms with Crippen molar-refractivity contribution in [1.29, 1.82) is 5.26 Å². The van der Waals surface area contributed by atoms with Gasteiger partial charge in [0.25, 0.3) is 0 Å². The fourth-order valence-electron chi connectivity index (χ4n) is 3.51. The van der Waals surface area contributed by atoms with Crippen molar-refractivity contribution in [1.82, 2.24) is 0 Å². The summed E-state index contributed by atoms with van der Waals surface area (Å²) in [5, 5.41) is 19.5. The molecule has 0 saturated heterocycles. The molecule has 2 aliphatic rings. The zero-order chi connectivity index (χ0) is 11.4. The number of carbonyl (C=O) groups excluding carboxylic acids is 1. The topological polar surface area (TPSA) is 61.1 Å². The molecule has 1 N–H and O–H groups in total. The van der Waals surface area contributed by atoms with E-state index in [2.05, 4.69) is 6.07 Å². The molecular weight excluding hydrogens is 189 g/mol. The summed E-state index contributed by atoms with van der Waals surface area (Å²) in [6.07, 6.45) is 0.857. The Balaban J connectivity index is 2.49. The van der Waals surface area contributed by atoms with E-state index < -0.39 is 11.0 Å². The number of nitriles is 1. The minimum Gasteiger partial charge on any atom is -0.390 e. The standard InChI is InChI=1S/C11H16BNO2/c1-6-8(12)7-3-11(5-13,9(6)14)4-10(7,2)15/h6-8,15H,3-4,12H2,1-2H3/t6?,7?,8-,10?,11?/m1/s1. The molecular formula is C11H16BNO2. The molecule has 4 heteroatoms. The Labute approximate surface area is 90.9 Å². The van der Waals surface area contributed by atoms with Crippen LogP contribution < -0.4 is 0 Å². The lowest BCUT2D eigenvalue weighted by molar-refractivity contribution is -0.131. The summed E-state index contributed by atoms with van der Waals surface area (Å²) in [5.74, 6) is 0.199. The quantitative estimate of drug-likeness (QED) is 0.578. The number of ketones is 1. The van der Waals surface area contributed by atoms with Gasteiger partial charge in [0.05, 0.1) is 11.7 Å². The van der Waals surface area contributed by atoms with E-state index in [4.69, 9.17) is 0 Å². The summed E-state index contributed by atoms with van der Waals surface area (Å²) in [7, 11) is 2.01. The van der Waals surface area contributed by atoms with E-state index >= 15 is 0 Å². The van der Waals surface area contributed by atoms with Gasteiger partial charge in [-0.2, -0.15) is 5.26 Å². The van der Waals surface area contributed by atoms with Crippen LogP contribution in [0.4, 0.5) is 0 Å². The van der Waals surface area contributed by atoms with Gasteiger partial charge in [0, 0.05) is 12.3 Å². The molecule has 3 nitrogen and oxygen atoms in total. The average molecular weight is 205 g/mol. The van der Waals surface area contributed by atoms with Gasteiger partial charge in [-0.15, -0.1) is 0 Å². The van der Waals surface area contributed by atoms with Crippen LogP contribution in [0.2, 0.25) is 5.82 Å². The molecule has 2 rings (SSSR count). The van der Waals surface area contributed by atoms with Crippen molar-refractivity contribution in [2.24, 2.45) is 17.3 Å². The zero-order valence-electron chi connectivity index (χ0n) is 9.45. The first kappa shape index (κ1) is 10.7. The molecule has 0 heterocycles. The molecule has 2 fully saturated rings. The van der Waals surface area contributed by atoms with Gasteiger partial charge in [-0.1, -0.05) is 12.7 Å². The van der Waals surface area contributed by atoms with E-state index in [1.54, 1.807) is 6.92 Å². The van der Waals surface area contributed by atoms with E-state index in [0.717, 1.165) is 0 Å². The maximum Gasteiger partial charge on any atom is 0.155 e. The first-order valence-electron chi connectivity index (χ1n) is 5.52. The maximum absolute atomic E-state index is 12.1. The molecule has 15 heavy (non-hydrogen) atoms. The van der Waals surface area contributed by atoms with E-state index in [-0.39, 0.29) is 23.4 Å². The van der Waals surface area contributed by atoms with Crippen molar-refractivity contribution < 1.29 is 9.90 Å². The van der Waals surface area contributed by atoms with Crippen molar-refractivity contribution >= 4 is 13.6 Å². The Morgan fingerprint density at radius 1 is 1.67 bits per heavy atom. The Morgan fingerprint density at radius 3 is 2.80 bits per heavy atom. The highest BCUT2D eigenvalue weighted by Gasteiger charge is 2.62. The SMILES string of the molecule is B[C@@H]1C(C)C(=O)C2(C#N)CC1C(C)(O)C2. The molecule has 0 aromatic rings. The number of hydrogen-bond acceptors (Lipinski definition) is 3. The predicted molar refractivity (Wildman–Crippen MR) is 57.9 cm³/mol. The third kappa shape index (κ3) is 1.19. The molecule has 0 radical (unpaired) electrons. The fourth-order valence-corrected chi connectivity index (χ4v) is 3.51. The van der Waals surface area contributed by atoms with E-state index in [9.17, 15) is 15.2 Å². The number of carbonyl (C=O) groups is 1. The lowest BCUT2D eigenvalue weighted by atomic mass is 9.58. The molecule has 0 aromatic heterocycles. The molecule has 4 unspecified atom stereocenters. The lowest BCUT2D eigenvalue weighted by Crippen LogP contribution is -2.40. The second kappa shape index (κ2) is 2.86. The van der Waals surface area contributed by atoms with Gasteiger partial charge < -0.3 is 5.11 Å². The summed E-state index contributed by atoms with van der Waals surface area (Å²) in [4.78, 5) is 12.1. The monoisotopic (exact) mass is 205 g/mol. The summed E-state index contributed by atoms with van der Waals surface area (Å²) >= 11 is 0. The van der Waals surface area contributed by atoms with Gasteiger partial charge >= 0.3 is 0 Å². The molecule has 2 saturated carbocycles. The lowest BCUT2D eigenvalue weighted by Gasteiger charge is -2.36. The van der Waals surface area contributed by atoms with Gasteiger partial charge in [-0.3, -0.25) is 4.79 Å². The van der Waals surface area contributed by atoms with Crippen molar-refractivity contribution in [3.8, 4) is 6.07 Å². The normalized spacial score (nSPS) is 54.0. The van der Waals surface area contributed by atoms with E-state index in [1.165, 1.54) is 0 Å². The van der Waals surface area contributed by atoms with Gasteiger partial charge in [0.1, 0.15) is 13.3 Å². The molecule has 5 atom stereocenters. The van der Waals surface area contributed by atoms with Crippen LogP contribution in [0.1, 0.15) is 26.7 Å². The number of nitrogens with zero attached hydrogens (tertiary/aromatic N) is 1. The second-order valence-electron chi connectivity index (χ2n) is 5.55. The van der Waals surface area contributed by atoms with Crippen LogP contribution in [0.25, 0.3) is 0 Å². The van der Waals surface area contributed by atoms with Crippen LogP contribution in [0.3, 0.4) is 0 Å². The summed E-state index contributed by atoms with van der Waals surface area (Å²) in [6.45, 7) is 3.64. The first-order chi connectivity index (χ1) is 6.84. The van der Waals surface area contributed by atoms with Crippen LogP contribution >= 0.6 is 0 Å². The molecule has 0 spiro atoms. The smallest absolute Gasteiger partial charge is 0.155 e. The van der Waals surface area contributed by atoms with Crippen molar-refractivity contribution in [3.05, 3.63) is 0 Å². The Kier molecular flexibility index (Phi) is 2.04. The third-order valence-corrected chi connectivity index (χ3v) is 4.55. The van der Waals surface area contributed by atoms with Gasteiger partial charge in [-0.05, 0) is 19.3 Å². The van der Waals surface area contributed by atoms with E-state index in [1.807, 2.05) is 14.8 Å². The minimum absolute atomic E-state index is 0.0338. The second-order valence-corrected chi connectivity index (χ2v) is 5.55. The minimum atomic E-state index is -0.903. The fraction of sp³-hybridized carbons (Fsp3) is 0.818. The van der Waals surface area contributed by atoms with Gasteiger partial charge in [0.2, 0.25) is 0 Å². The van der Waals surface area contributed by atoms with Crippen LogP contribution in [-0.2, 0) is 4.79 Å². The van der Waals surface area contributed by atoms with Crippen LogP contribution in [0, 0.1) is 28.6 Å². The van der Waals surface area contributed by atoms with Crippen LogP contribution in [-0.4, -0.2) is 24.3 Å². The molecule has 2 aliphatic carbocycles.